The van der Waals surface area contributed by atoms with Gasteiger partial charge in [-0.05, 0) is 48.2 Å². The van der Waals surface area contributed by atoms with Crippen molar-refractivity contribution in [1.29, 1.82) is 0 Å². The predicted octanol–water partition coefficient (Wildman–Crippen LogP) is 5.56. The minimum atomic E-state index is -0.951. The van der Waals surface area contributed by atoms with Crippen molar-refractivity contribution in [2.24, 2.45) is 0 Å². The van der Waals surface area contributed by atoms with E-state index < -0.39 is 28.8 Å². The van der Waals surface area contributed by atoms with Crippen molar-refractivity contribution in [1.82, 2.24) is 9.97 Å². The molecule has 0 unspecified atom stereocenters. The summed E-state index contributed by atoms with van der Waals surface area (Å²) in [6, 6.07) is 9.03. The van der Waals surface area contributed by atoms with Crippen molar-refractivity contribution in [2.45, 2.75) is 6.92 Å². The van der Waals surface area contributed by atoms with Gasteiger partial charge in [0.25, 0.3) is 0 Å². The smallest absolute Gasteiger partial charge is 0.166 e. The van der Waals surface area contributed by atoms with Crippen LogP contribution in [0.2, 0.25) is 0 Å². The Balaban J connectivity index is 1.70. The summed E-state index contributed by atoms with van der Waals surface area (Å²) in [7, 11) is 0. The number of fused-ring (bicyclic) bond motifs is 1. The molecule has 0 saturated heterocycles. The molecule has 4 aromatic rings. The molecule has 0 bridgehead atoms. The molecular formula is C23H12F4N2. The quantitative estimate of drug-likeness (QED) is 0.313. The second kappa shape index (κ2) is 7.36. The second-order valence-electron chi connectivity index (χ2n) is 6.45. The zero-order valence-corrected chi connectivity index (χ0v) is 15.1. The van der Waals surface area contributed by atoms with Crippen LogP contribution in [0.5, 0.6) is 0 Å². The van der Waals surface area contributed by atoms with E-state index >= 15 is 0 Å². The molecule has 0 N–H and O–H groups in total. The van der Waals surface area contributed by atoms with Crippen LogP contribution in [-0.4, -0.2) is 9.97 Å². The molecule has 1 aromatic heterocycles. The van der Waals surface area contributed by atoms with Crippen LogP contribution < -0.4 is 0 Å². The van der Waals surface area contributed by atoms with Crippen LogP contribution in [0.3, 0.4) is 0 Å². The van der Waals surface area contributed by atoms with Crippen molar-refractivity contribution in [3.05, 3.63) is 94.8 Å². The Morgan fingerprint density at radius 2 is 1.45 bits per heavy atom. The van der Waals surface area contributed by atoms with Gasteiger partial charge in [-0.25, -0.2) is 27.5 Å². The zero-order valence-electron chi connectivity index (χ0n) is 15.1. The van der Waals surface area contributed by atoms with Gasteiger partial charge in [0.05, 0.1) is 5.56 Å². The average molecular weight is 392 g/mol. The fraction of sp³-hybridized carbons (Fsp3) is 0.0435. The second-order valence-corrected chi connectivity index (χ2v) is 6.45. The van der Waals surface area contributed by atoms with Crippen LogP contribution in [0, 0.1) is 42.0 Å². The normalized spacial score (nSPS) is 10.7. The molecule has 0 saturated carbocycles. The Labute approximate surface area is 163 Å². The van der Waals surface area contributed by atoms with Gasteiger partial charge in [0.2, 0.25) is 0 Å². The third-order valence-corrected chi connectivity index (χ3v) is 4.32. The topological polar surface area (TPSA) is 25.8 Å². The molecule has 142 valence electrons. The Hall–Kier alpha value is -3.72. The lowest BCUT2D eigenvalue weighted by molar-refractivity contribution is 0.517. The molecule has 0 aliphatic carbocycles. The Bertz CT molecular complexity index is 1280. The van der Waals surface area contributed by atoms with Gasteiger partial charge in [-0.2, -0.15) is 0 Å². The number of benzene rings is 3. The molecule has 0 aliphatic heterocycles. The largest absolute Gasteiger partial charge is 0.236 e. The monoisotopic (exact) mass is 392 g/mol. The molecular weight excluding hydrogens is 380 g/mol. The van der Waals surface area contributed by atoms with E-state index in [1.54, 1.807) is 19.3 Å². The maximum atomic E-state index is 14.4. The van der Waals surface area contributed by atoms with Gasteiger partial charge in [0.1, 0.15) is 11.6 Å². The van der Waals surface area contributed by atoms with Crippen molar-refractivity contribution in [3.63, 3.8) is 0 Å². The summed E-state index contributed by atoms with van der Waals surface area (Å²) < 4.78 is 55.9. The molecule has 3 aromatic carbocycles. The lowest BCUT2D eigenvalue weighted by Crippen LogP contribution is -1.95. The molecule has 0 amide bonds. The lowest BCUT2D eigenvalue weighted by Gasteiger charge is -2.04. The van der Waals surface area contributed by atoms with E-state index in [2.05, 4.69) is 21.8 Å². The van der Waals surface area contributed by atoms with Gasteiger partial charge in [0.15, 0.2) is 17.5 Å². The van der Waals surface area contributed by atoms with E-state index in [9.17, 15) is 17.6 Å². The maximum absolute atomic E-state index is 14.4. The zero-order chi connectivity index (χ0) is 20.5. The van der Waals surface area contributed by atoms with Gasteiger partial charge >= 0.3 is 0 Å². The van der Waals surface area contributed by atoms with E-state index in [0.717, 1.165) is 23.8 Å². The van der Waals surface area contributed by atoms with E-state index in [4.69, 9.17) is 0 Å². The summed E-state index contributed by atoms with van der Waals surface area (Å²) in [5, 5.41) is 0.541. The van der Waals surface area contributed by atoms with E-state index in [1.165, 1.54) is 24.3 Å². The highest BCUT2D eigenvalue weighted by Crippen LogP contribution is 2.23. The van der Waals surface area contributed by atoms with Crippen LogP contribution in [0.1, 0.15) is 16.7 Å². The molecule has 0 aliphatic rings. The van der Waals surface area contributed by atoms with Gasteiger partial charge < -0.3 is 0 Å². The summed E-state index contributed by atoms with van der Waals surface area (Å²) >= 11 is 0. The van der Waals surface area contributed by atoms with Crippen LogP contribution in [0.25, 0.3) is 22.2 Å². The van der Waals surface area contributed by atoms with Crippen LogP contribution in [0.15, 0.2) is 54.9 Å². The molecule has 2 nitrogen and oxygen atoms in total. The Morgan fingerprint density at radius 3 is 2.14 bits per heavy atom. The fourth-order valence-electron chi connectivity index (χ4n) is 2.84. The van der Waals surface area contributed by atoms with Crippen LogP contribution in [-0.2, 0) is 0 Å². The highest BCUT2D eigenvalue weighted by Gasteiger charge is 2.12. The summed E-state index contributed by atoms with van der Waals surface area (Å²) in [6.45, 7) is 1.81. The number of hydrogen-bond acceptors (Lipinski definition) is 2. The Kier molecular flexibility index (Phi) is 4.73. The number of rotatable bonds is 1. The molecule has 0 atom stereocenters. The molecule has 29 heavy (non-hydrogen) atoms. The van der Waals surface area contributed by atoms with Crippen LogP contribution in [0.4, 0.5) is 17.6 Å². The number of nitrogens with zero attached hydrogens (tertiary/aromatic N) is 2. The molecule has 0 fully saturated rings. The van der Waals surface area contributed by atoms with Crippen molar-refractivity contribution >= 4 is 10.8 Å². The van der Waals surface area contributed by atoms with Crippen LogP contribution >= 0.6 is 0 Å². The lowest BCUT2D eigenvalue weighted by atomic mass is 10.1. The summed E-state index contributed by atoms with van der Waals surface area (Å²) in [4.78, 5) is 8.12. The number of halogens is 4. The highest BCUT2D eigenvalue weighted by atomic mass is 19.2. The van der Waals surface area contributed by atoms with E-state index in [-0.39, 0.29) is 16.8 Å². The fourth-order valence-corrected chi connectivity index (χ4v) is 2.84. The predicted molar refractivity (Wildman–Crippen MR) is 102 cm³/mol. The number of hydrogen-bond donors (Lipinski definition) is 0. The average Bonchev–Trinajstić information content (AvgIpc) is 2.70. The standard InChI is InChI=1S/C23H12F4N2/c1-13-11-28-23(29-12-13)16-9-20(25)18(21(26)10-16)6-3-14-2-5-17-15(8-14)4-7-19(24)22(17)27/h2,4-5,7-12H,1H3. The first kappa shape index (κ1) is 18.6. The molecule has 0 radical (unpaired) electrons. The number of aromatic nitrogens is 2. The minimum absolute atomic E-state index is 0.107. The summed E-state index contributed by atoms with van der Waals surface area (Å²) in [5.41, 5.74) is 1.04. The first-order chi connectivity index (χ1) is 13.9. The third-order valence-electron chi connectivity index (χ3n) is 4.32. The van der Waals surface area contributed by atoms with E-state index in [1.807, 2.05) is 0 Å². The Morgan fingerprint density at radius 1 is 0.759 bits per heavy atom. The molecule has 4 rings (SSSR count). The van der Waals surface area contributed by atoms with Gasteiger partial charge in [-0.15, -0.1) is 0 Å². The molecule has 6 heteroatoms. The summed E-state index contributed by atoms with van der Waals surface area (Å²) in [6.07, 6.45) is 3.11. The molecule has 1 heterocycles. The molecule has 0 spiro atoms. The summed E-state index contributed by atoms with van der Waals surface area (Å²) in [5.74, 6) is 1.75. The third kappa shape index (κ3) is 3.67. The van der Waals surface area contributed by atoms with Crippen molar-refractivity contribution < 1.29 is 17.6 Å². The maximum Gasteiger partial charge on any atom is 0.166 e. The number of aryl methyl sites for hydroxylation is 1. The highest BCUT2D eigenvalue weighted by molar-refractivity contribution is 5.84. The minimum Gasteiger partial charge on any atom is -0.236 e. The van der Waals surface area contributed by atoms with E-state index in [0.29, 0.717) is 10.9 Å². The van der Waals surface area contributed by atoms with Gasteiger partial charge in [-0.3, -0.25) is 0 Å². The SMILES string of the molecule is Cc1cnc(-c2cc(F)c(C#Cc3ccc4c(F)c(F)ccc4c3)c(F)c2)nc1. The van der Waals surface area contributed by atoms with Crippen molar-refractivity contribution in [2.75, 3.05) is 0 Å². The van der Waals surface area contributed by atoms with Crippen molar-refractivity contribution in [3.8, 4) is 23.2 Å². The first-order valence-corrected chi connectivity index (χ1v) is 8.60. The first-order valence-electron chi connectivity index (χ1n) is 8.60. The van der Waals surface area contributed by atoms with Gasteiger partial charge in [0, 0.05) is 28.9 Å². The van der Waals surface area contributed by atoms with Gasteiger partial charge in [-0.1, -0.05) is 24.0 Å².